The van der Waals surface area contributed by atoms with Crippen LogP contribution < -0.4 is 14.2 Å². The van der Waals surface area contributed by atoms with E-state index < -0.39 is 0 Å². The summed E-state index contributed by atoms with van der Waals surface area (Å²) in [5, 5.41) is 8.94. The van der Waals surface area contributed by atoms with Crippen molar-refractivity contribution >= 4 is 0 Å². The minimum absolute atomic E-state index is 0.248. The number of ether oxygens (including phenoxy) is 3. The van der Waals surface area contributed by atoms with Gasteiger partial charge in [0.25, 0.3) is 0 Å². The van der Waals surface area contributed by atoms with Crippen molar-refractivity contribution in [3.63, 3.8) is 0 Å². The van der Waals surface area contributed by atoms with Crippen molar-refractivity contribution in [1.29, 1.82) is 5.26 Å². The van der Waals surface area contributed by atoms with Gasteiger partial charge < -0.3 is 14.2 Å². The summed E-state index contributed by atoms with van der Waals surface area (Å²) in [6.45, 7) is 0.570. The third-order valence-electron chi connectivity index (χ3n) is 2.70. The van der Waals surface area contributed by atoms with Crippen LogP contribution in [0.4, 0.5) is 0 Å². The monoisotopic (exact) mass is 254 g/mol. The molecular formula is C14H10N2O3. The van der Waals surface area contributed by atoms with Crippen molar-refractivity contribution in [2.45, 2.75) is 6.61 Å². The standard InChI is InChI=1S/C14H10N2O3/c15-7-11-2-1-5-16-14(11)17-8-10-3-4-12-13(6-10)19-9-18-12/h1-6H,8-9H2. The Morgan fingerprint density at radius 1 is 1.26 bits per heavy atom. The average Bonchev–Trinajstić information content (AvgIpc) is 2.93. The van der Waals surface area contributed by atoms with E-state index in [-0.39, 0.29) is 6.79 Å². The number of fused-ring (bicyclic) bond motifs is 1. The van der Waals surface area contributed by atoms with E-state index in [1.807, 2.05) is 24.3 Å². The van der Waals surface area contributed by atoms with Crippen molar-refractivity contribution < 1.29 is 14.2 Å². The predicted octanol–water partition coefficient (Wildman–Crippen LogP) is 2.26. The molecule has 0 aliphatic carbocycles. The summed E-state index contributed by atoms with van der Waals surface area (Å²) >= 11 is 0. The number of nitriles is 1. The summed E-state index contributed by atoms with van der Waals surface area (Å²) in [7, 11) is 0. The zero-order chi connectivity index (χ0) is 13.1. The normalized spacial score (nSPS) is 11.9. The number of benzene rings is 1. The van der Waals surface area contributed by atoms with Gasteiger partial charge in [0.2, 0.25) is 12.7 Å². The highest BCUT2D eigenvalue weighted by molar-refractivity contribution is 5.44. The van der Waals surface area contributed by atoms with Crippen molar-refractivity contribution in [3.05, 3.63) is 47.7 Å². The highest BCUT2D eigenvalue weighted by Gasteiger charge is 2.13. The lowest BCUT2D eigenvalue weighted by atomic mass is 10.2. The van der Waals surface area contributed by atoms with Gasteiger partial charge in [-0.3, -0.25) is 0 Å². The van der Waals surface area contributed by atoms with E-state index in [2.05, 4.69) is 4.98 Å². The third-order valence-corrected chi connectivity index (χ3v) is 2.70. The first-order valence-corrected chi connectivity index (χ1v) is 5.73. The molecule has 1 aromatic heterocycles. The van der Waals surface area contributed by atoms with Crippen LogP contribution in [0.3, 0.4) is 0 Å². The van der Waals surface area contributed by atoms with Crippen molar-refractivity contribution in [2.24, 2.45) is 0 Å². The largest absolute Gasteiger partial charge is 0.472 e. The Hall–Kier alpha value is -2.74. The topological polar surface area (TPSA) is 64.4 Å². The van der Waals surface area contributed by atoms with Crippen LogP contribution in [0.2, 0.25) is 0 Å². The molecule has 94 valence electrons. The van der Waals surface area contributed by atoms with Crippen LogP contribution in [0.15, 0.2) is 36.5 Å². The van der Waals surface area contributed by atoms with E-state index in [1.54, 1.807) is 18.3 Å². The quantitative estimate of drug-likeness (QED) is 0.840. The Morgan fingerprint density at radius 3 is 3.05 bits per heavy atom. The van der Waals surface area contributed by atoms with Gasteiger partial charge in [-0.2, -0.15) is 5.26 Å². The lowest BCUT2D eigenvalue weighted by Crippen LogP contribution is -1.99. The van der Waals surface area contributed by atoms with E-state index in [4.69, 9.17) is 19.5 Å². The van der Waals surface area contributed by atoms with Gasteiger partial charge in [0.1, 0.15) is 18.2 Å². The molecule has 0 N–H and O–H groups in total. The average molecular weight is 254 g/mol. The molecule has 2 aromatic rings. The number of hydrogen-bond acceptors (Lipinski definition) is 5. The molecule has 0 amide bonds. The van der Waals surface area contributed by atoms with Gasteiger partial charge in [-0.05, 0) is 29.8 Å². The van der Waals surface area contributed by atoms with Crippen LogP contribution in [0.1, 0.15) is 11.1 Å². The first kappa shape index (κ1) is 11.4. The van der Waals surface area contributed by atoms with Gasteiger partial charge >= 0.3 is 0 Å². The maximum atomic E-state index is 8.94. The Balaban J connectivity index is 1.74. The zero-order valence-corrected chi connectivity index (χ0v) is 10.00. The molecular weight excluding hydrogens is 244 g/mol. The third kappa shape index (κ3) is 2.29. The molecule has 0 fully saturated rings. The van der Waals surface area contributed by atoms with Gasteiger partial charge in [-0.25, -0.2) is 4.98 Å². The van der Waals surface area contributed by atoms with Crippen LogP contribution in [-0.2, 0) is 6.61 Å². The van der Waals surface area contributed by atoms with E-state index in [9.17, 15) is 0 Å². The second-order valence-electron chi connectivity index (χ2n) is 3.94. The summed E-state index contributed by atoms with van der Waals surface area (Å²) in [5.41, 5.74) is 1.35. The van der Waals surface area contributed by atoms with Gasteiger partial charge in [-0.15, -0.1) is 0 Å². The molecule has 1 aliphatic heterocycles. The molecule has 0 unspecified atom stereocenters. The molecule has 5 heteroatoms. The van der Waals surface area contributed by atoms with Crippen molar-refractivity contribution in [3.8, 4) is 23.4 Å². The summed E-state index contributed by atoms with van der Waals surface area (Å²) in [4.78, 5) is 4.04. The van der Waals surface area contributed by atoms with Crippen molar-refractivity contribution in [1.82, 2.24) is 4.98 Å². The molecule has 0 radical (unpaired) electrons. The fourth-order valence-corrected chi connectivity index (χ4v) is 1.77. The fraction of sp³-hybridized carbons (Fsp3) is 0.143. The van der Waals surface area contributed by atoms with Crippen LogP contribution in [0, 0.1) is 11.3 Å². The lowest BCUT2D eigenvalue weighted by Gasteiger charge is -2.07. The molecule has 0 saturated carbocycles. The molecule has 0 atom stereocenters. The summed E-state index contributed by atoms with van der Waals surface area (Å²) in [6, 6.07) is 11.0. The Labute approximate surface area is 110 Å². The number of nitrogens with zero attached hydrogens (tertiary/aromatic N) is 2. The number of rotatable bonds is 3. The molecule has 0 bridgehead atoms. The zero-order valence-electron chi connectivity index (χ0n) is 10.00. The van der Waals surface area contributed by atoms with Crippen LogP contribution in [-0.4, -0.2) is 11.8 Å². The van der Waals surface area contributed by atoms with Crippen LogP contribution >= 0.6 is 0 Å². The maximum Gasteiger partial charge on any atom is 0.231 e. The molecule has 5 nitrogen and oxygen atoms in total. The highest BCUT2D eigenvalue weighted by Crippen LogP contribution is 2.32. The summed E-state index contributed by atoms with van der Waals surface area (Å²) in [5.74, 6) is 1.78. The first-order valence-electron chi connectivity index (χ1n) is 5.73. The van der Waals surface area contributed by atoms with Gasteiger partial charge in [0.05, 0.1) is 0 Å². The molecule has 0 spiro atoms. The minimum Gasteiger partial charge on any atom is -0.472 e. The van der Waals surface area contributed by atoms with Crippen molar-refractivity contribution in [2.75, 3.05) is 6.79 Å². The summed E-state index contributed by atoms with van der Waals surface area (Å²) < 4.78 is 16.1. The molecule has 1 aliphatic rings. The fourth-order valence-electron chi connectivity index (χ4n) is 1.77. The summed E-state index contributed by atoms with van der Waals surface area (Å²) in [6.07, 6.45) is 1.59. The molecule has 19 heavy (non-hydrogen) atoms. The predicted molar refractivity (Wildman–Crippen MR) is 65.8 cm³/mol. The van der Waals surface area contributed by atoms with Gasteiger partial charge in [-0.1, -0.05) is 6.07 Å². The van der Waals surface area contributed by atoms with E-state index in [1.165, 1.54) is 0 Å². The van der Waals surface area contributed by atoms with Crippen LogP contribution in [0.5, 0.6) is 17.4 Å². The lowest BCUT2D eigenvalue weighted by molar-refractivity contribution is 0.174. The smallest absolute Gasteiger partial charge is 0.231 e. The van der Waals surface area contributed by atoms with Gasteiger partial charge in [0, 0.05) is 6.20 Å². The number of pyridine rings is 1. The van der Waals surface area contributed by atoms with Gasteiger partial charge in [0.15, 0.2) is 11.5 Å². The van der Waals surface area contributed by atoms with E-state index >= 15 is 0 Å². The molecule has 2 heterocycles. The number of aromatic nitrogens is 1. The number of hydrogen-bond donors (Lipinski definition) is 0. The second kappa shape index (κ2) is 4.86. The SMILES string of the molecule is N#Cc1cccnc1OCc1ccc2c(c1)OCO2. The molecule has 1 aromatic carbocycles. The van der Waals surface area contributed by atoms with Crippen LogP contribution in [0.25, 0.3) is 0 Å². The Bertz CT molecular complexity index is 649. The van der Waals surface area contributed by atoms with E-state index in [0.29, 0.717) is 23.8 Å². The second-order valence-corrected chi connectivity index (χ2v) is 3.94. The molecule has 3 rings (SSSR count). The molecule has 0 saturated heterocycles. The maximum absolute atomic E-state index is 8.94. The Morgan fingerprint density at radius 2 is 2.16 bits per heavy atom. The Kier molecular flexibility index (Phi) is 2.91. The van der Waals surface area contributed by atoms with E-state index in [0.717, 1.165) is 11.3 Å². The highest BCUT2D eigenvalue weighted by atomic mass is 16.7. The first-order chi connectivity index (χ1) is 9.36. The minimum atomic E-state index is 0.248.